The largest absolute Gasteiger partial charge is 0.241 e. The minimum Gasteiger partial charge on any atom is -0.241 e. The minimum absolute atomic E-state index is 0.668. The zero-order valence-electron chi connectivity index (χ0n) is 5.81. The molecule has 0 fully saturated rings. The average Bonchev–Trinajstić information content (AvgIpc) is 2.31. The van der Waals surface area contributed by atoms with Gasteiger partial charge in [-0.25, -0.2) is 9.37 Å². The van der Waals surface area contributed by atoms with E-state index in [1.54, 1.807) is 0 Å². The van der Waals surface area contributed by atoms with Crippen LogP contribution in [0, 0.1) is 0 Å². The number of fused-ring (bicyclic) bond motifs is 1. The van der Waals surface area contributed by atoms with Gasteiger partial charge in [0.25, 0.3) is 0 Å². The van der Waals surface area contributed by atoms with Gasteiger partial charge >= 0.3 is 0 Å². The Kier molecular flexibility index (Phi) is 1.97. The first-order chi connectivity index (χ1) is 5.27. The molecule has 1 aliphatic rings. The number of thiazole rings is 1. The van der Waals surface area contributed by atoms with Crippen LogP contribution in [0.25, 0.3) is 0 Å². The van der Waals surface area contributed by atoms with Crippen molar-refractivity contribution >= 4 is 27.3 Å². The van der Waals surface area contributed by atoms with E-state index in [2.05, 4.69) is 20.9 Å². The quantitative estimate of drug-likeness (QED) is 0.673. The number of halogens is 2. The molecular weight excluding hydrogens is 229 g/mol. The monoisotopic (exact) mass is 235 g/mol. The maximum atomic E-state index is 13.1. The van der Waals surface area contributed by atoms with Gasteiger partial charge < -0.3 is 0 Å². The standard InChI is InChI=1S/C7H7BrFNS/c8-7-10-5-3-1-2-4(9)6(5)11-7/h4H,1-3H2. The fourth-order valence-corrected chi connectivity index (χ4v) is 2.92. The molecule has 1 unspecified atom stereocenters. The second-order valence-electron chi connectivity index (χ2n) is 2.64. The van der Waals surface area contributed by atoms with Gasteiger partial charge in [-0.05, 0) is 35.2 Å². The van der Waals surface area contributed by atoms with Gasteiger partial charge in [0.1, 0.15) is 6.17 Å². The molecule has 0 saturated heterocycles. The Labute approximate surface area is 76.8 Å². The smallest absolute Gasteiger partial charge is 0.159 e. The highest BCUT2D eigenvalue weighted by Crippen LogP contribution is 2.37. The van der Waals surface area contributed by atoms with Crippen molar-refractivity contribution in [3.05, 3.63) is 14.5 Å². The Morgan fingerprint density at radius 3 is 3.18 bits per heavy atom. The van der Waals surface area contributed by atoms with Gasteiger partial charge in [-0.1, -0.05) is 0 Å². The lowest BCUT2D eigenvalue weighted by atomic mass is 10.0. The fourth-order valence-electron chi connectivity index (χ4n) is 1.34. The maximum Gasteiger partial charge on any atom is 0.159 e. The Morgan fingerprint density at radius 1 is 1.64 bits per heavy atom. The molecule has 1 aliphatic carbocycles. The van der Waals surface area contributed by atoms with Gasteiger partial charge in [-0.15, -0.1) is 11.3 Å². The molecule has 0 aliphatic heterocycles. The van der Waals surface area contributed by atoms with E-state index in [1.165, 1.54) is 11.3 Å². The lowest BCUT2D eigenvalue weighted by Gasteiger charge is -2.12. The van der Waals surface area contributed by atoms with Gasteiger partial charge in [-0.3, -0.25) is 0 Å². The molecular formula is C7H7BrFNS. The molecule has 4 heteroatoms. The predicted octanol–water partition coefficient (Wildman–Crippen LogP) is 3.25. The minimum atomic E-state index is -0.762. The van der Waals surface area contributed by atoms with Crippen molar-refractivity contribution in [1.29, 1.82) is 0 Å². The summed E-state index contributed by atoms with van der Waals surface area (Å²) in [4.78, 5) is 5.03. The molecule has 0 saturated carbocycles. The summed E-state index contributed by atoms with van der Waals surface area (Å²) in [7, 11) is 0. The van der Waals surface area contributed by atoms with Crippen LogP contribution in [0.2, 0.25) is 0 Å². The Morgan fingerprint density at radius 2 is 2.45 bits per heavy atom. The van der Waals surface area contributed by atoms with E-state index < -0.39 is 6.17 Å². The van der Waals surface area contributed by atoms with Gasteiger partial charge in [-0.2, -0.15) is 0 Å². The molecule has 2 rings (SSSR count). The lowest BCUT2D eigenvalue weighted by molar-refractivity contribution is 0.307. The van der Waals surface area contributed by atoms with Crippen LogP contribution in [0.15, 0.2) is 3.92 Å². The predicted molar refractivity (Wildman–Crippen MR) is 46.6 cm³/mol. The van der Waals surface area contributed by atoms with Crippen molar-refractivity contribution in [2.24, 2.45) is 0 Å². The molecule has 1 aromatic rings. The third-order valence-corrected chi connectivity index (χ3v) is 3.49. The summed E-state index contributed by atoms with van der Waals surface area (Å²) >= 11 is 4.69. The van der Waals surface area contributed by atoms with Crippen LogP contribution in [-0.2, 0) is 6.42 Å². The van der Waals surface area contributed by atoms with Crippen molar-refractivity contribution in [3.63, 3.8) is 0 Å². The first-order valence-corrected chi connectivity index (χ1v) is 5.17. The van der Waals surface area contributed by atoms with Crippen LogP contribution >= 0.6 is 27.3 Å². The summed E-state index contributed by atoms with van der Waals surface area (Å²) in [5, 5.41) is 0. The SMILES string of the molecule is FC1CCCc2nc(Br)sc21. The molecule has 0 radical (unpaired) electrons. The van der Waals surface area contributed by atoms with E-state index in [9.17, 15) is 4.39 Å². The Balaban J connectivity index is 2.43. The number of hydrogen-bond donors (Lipinski definition) is 0. The fraction of sp³-hybridized carbons (Fsp3) is 0.571. The molecule has 0 spiro atoms. The van der Waals surface area contributed by atoms with E-state index in [4.69, 9.17) is 0 Å². The second-order valence-corrected chi connectivity index (χ2v) is 4.94. The molecule has 0 aromatic carbocycles. The van der Waals surface area contributed by atoms with Gasteiger partial charge in [0.05, 0.1) is 10.6 Å². The Hall–Kier alpha value is 0.0400. The van der Waals surface area contributed by atoms with E-state index in [-0.39, 0.29) is 0 Å². The molecule has 1 aromatic heterocycles. The molecule has 1 heterocycles. The first kappa shape index (κ1) is 7.68. The molecule has 60 valence electrons. The van der Waals surface area contributed by atoms with E-state index in [0.29, 0.717) is 6.42 Å². The summed E-state index contributed by atoms with van der Waals surface area (Å²) in [5.41, 5.74) is 0.959. The van der Waals surface area contributed by atoms with E-state index >= 15 is 0 Å². The lowest BCUT2D eigenvalue weighted by Crippen LogP contribution is -2.02. The van der Waals surface area contributed by atoms with Crippen LogP contribution in [0.1, 0.15) is 29.6 Å². The summed E-state index contributed by atoms with van der Waals surface area (Å²) in [5.74, 6) is 0. The molecule has 1 atom stereocenters. The molecule has 11 heavy (non-hydrogen) atoms. The average molecular weight is 236 g/mol. The highest BCUT2D eigenvalue weighted by molar-refractivity contribution is 9.11. The molecule has 0 amide bonds. The highest BCUT2D eigenvalue weighted by atomic mass is 79.9. The van der Waals surface area contributed by atoms with Gasteiger partial charge in [0.15, 0.2) is 3.92 Å². The van der Waals surface area contributed by atoms with Crippen LogP contribution in [-0.4, -0.2) is 4.98 Å². The third-order valence-electron chi connectivity index (χ3n) is 1.86. The van der Waals surface area contributed by atoms with Gasteiger partial charge in [0.2, 0.25) is 0 Å². The summed E-state index contributed by atoms with van der Waals surface area (Å²) in [6.45, 7) is 0. The third kappa shape index (κ3) is 1.34. The topological polar surface area (TPSA) is 12.9 Å². The van der Waals surface area contributed by atoms with E-state index in [1.807, 2.05) is 0 Å². The van der Waals surface area contributed by atoms with Crippen molar-refractivity contribution in [2.45, 2.75) is 25.4 Å². The number of alkyl halides is 1. The number of nitrogens with zero attached hydrogens (tertiary/aromatic N) is 1. The second kappa shape index (κ2) is 2.83. The number of aryl methyl sites for hydroxylation is 1. The van der Waals surface area contributed by atoms with Crippen molar-refractivity contribution in [2.75, 3.05) is 0 Å². The highest BCUT2D eigenvalue weighted by Gasteiger charge is 2.23. The Bertz CT molecular complexity index is 273. The van der Waals surface area contributed by atoms with Crippen molar-refractivity contribution in [1.82, 2.24) is 4.98 Å². The summed E-state index contributed by atoms with van der Waals surface area (Å²) in [6.07, 6.45) is 1.78. The van der Waals surface area contributed by atoms with Crippen LogP contribution < -0.4 is 0 Å². The molecule has 0 N–H and O–H groups in total. The van der Waals surface area contributed by atoms with Crippen LogP contribution in [0.5, 0.6) is 0 Å². The van der Waals surface area contributed by atoms with Crippen molar-refractivity contribution in [3.8, 4) is 0 Å². The number of aromatic nitrogens is 1. The first-order valence-electron chi connectivity index (χ1n) is 3.56. The maximum absolute atomic E-state index is 13.1. The molecule has 0 bridgehead atoms. The van der Waals surface area contributed by atoms with Crippen LogP contribution in [0.3, 0.4) is 0 Å². The van der Waals surface area contributed by atoms with Crippen LogP contribution in [0.4, 0.5) is 4.39 Å². The summed E-state index contributed by atoms with van der Waals surface area (Å²) in [6, 6.07) is 0. The number of rotatable bonds is 0. The molecule has 1 nitrogen and oxygen atoms in total. The normalized spacial score (nSPS) is 23.3. The van der Waals surface area contributed by atoms with Gasteiger partial charge in [0, 0.05) is 0 Å². The number of hydrogen-bond acceptors (Lipinski definition) is 2. The zero-order valence-corrected chi connectivity index (χ0v) is 8.21. The summed E-state index contributed by atoms with van der Waals surface area (Å²) < 4.78 is 14.0. The van der Waals surface area contributed by atoms with E-state index in [0.717, 1.165) is 27.3 Å². The zero-order chi connectivity index (χ0) is 7.84. The van der Waals surface area contributed by atoms with Crippen molar-refractivity contribution < 1.29 is 4.39 Å².